The highest BCUT2D eigenvalue weighted by Gasteiger charge is 2.36. The van der Waals surface area contributed by atoms with Gasteiger partial charge in [0.25, 0.3) is 0 Å². The molecule has 30 heavy (non-hydrogen) atoms. The minimum absolute atomic E-state index is 0.166. The molecule has 0 aromatic heterocycles. The van der Waals surface area contributed by atoms with Crippen LogP contribution in [0.5, 0.6) is 11.5 Å². The van der Waals surface area contributed by atoms with Crippen LogP contribution in [0.1, 0.15) is 28.2 Å². The molecule has 1 amide bonds. The van der Waals surface area contributed by atoms with Gasteiger partial charge in [0.15, 0.2) is 0 Å². The van der Waals surface area contributed by atoms with Crippen molar-refractivity contribution in [1.82, 2.24) is 4.90 Å². The van der Waals surface area contributed by atoms with Crippen LogP contribution >= 0.6 is 0 Å². The molecule has 0 spiro atoms. The Morgan fingerprint density at radius 2 is 1.40 bits per heavy atom. The maximum absolute atomic E-state index is 13.7. The summed E-state index contributed by atoms with van der Waals surface area (Å²) in [7, 11) is 0. The molecule has 0 atom stereocenters. The van der Waals surface area contributed by atoms with E-state index in [-0.39, 0.29) is 11.8 Å². The van der Waals surface area contributed by atoms with Crippen molar-refractivity contribution in [3.63, 3.8) is 0 Å². The Kier molecular flexibility index (Phi) is 4.70. The Balaban J connectivity index is 1.40. The molecule has 0 unspecified atom stereocenters. The summed E-state index contributed by atoms with van der Waals surface area (Å²) >= 11 is 0. The molecule has 0 radical (unpaired) electrons. The van der Waals surface area contributed by atoms with E-state index < -0.39 is 0 Å². The van der Waals surface area contributed by atoms with Gasteiger partial charge in [-0.3, -0.25) is 4.79 Å². The number of fused-ring (bicyclic) bond motifs is 2. The zero-order valence-electron chi connectivity index (χ0n) is 17.5. The Bertz CT molecular complexity index is 1050. The second-order valence-corrected chi connectivity index (χ2v) is 8.14. The largest absolute Gasteiger partial charge is 0.457 e. The number of para-hydroxylation sites is 2. The third kappa shape index (κ3) is 3.13. The SMILES string of the molecule is Cc1cccc(N2CCN(C(=O)C3c4ccccc4Oc4ccccc43)CC2)c1C. The highest BCUT2D eigenvalue weighted by molar-refractivity contribution is 5.90. The highest BCUT2D eigenvalue weighted by Crippen LogP contribution is 2.44. The Morgan fingerprint density at radius 3 is 2.03 bits per heavy atom. The van der Waals surface area contributed by atoms with Crippen LogP contribution in [-0.4, -0.2) is 37.0 Å². The maximum Gasteiger partial charge on any atom is 0.234 e. The number of piperazine rings is 1. The number of nitrogens with zero attached hydrogens (tertiary/aromatic N) is 2. The van der Waals surface area contributed by atoms with Crippen molar-refractivity contribution >= 4 is 11.6 Å². The maximum atomic E-state index is 13.7. The molecule has 1 fully saturated rings. The van der Waals surface area contributed by atoms with Crippen LogP contribution in [0.25, 0.3) is 0 Å². The highest BCUT2D eigenvalue weighted by atomic mass is 16.5. The smallest absolute Gasteiger partial charge is 0.234 e. The molecule has 0 bridgehead atoms. The summed E-state index contributed by atoms with van der Waals surface area (Å²) in [6, 6.07) is 22.3. The first-order valence-corrected chi connectivity index (χ1v) is 10.6. The summed E-state index contributed by atoms with van der Waals surface area (Å²) in [5.74, 6) is 1.42. The van der Waals surface area contributed by atoms with E-state index in [1.54, 1.807) is 0 Å². The Morgan fingerprint density at radius 1 is 0.800 bits per heavy atom. The average Bonchev–Trinajstić information content (AvgIpc) is 2.79. The normalized spacial score (nSPS) is 15.9. The molecule has 2 aliphatic rings. The molecule has 4 heteroatoms. The van der Waals surface area contributed by atoms with Crippen LogP contribution in [-0.2, 0) is 4.79 Å². The van der Waals surface area contributed by atoms with Gasteiger partial charge < -0.3 is 14.5 Å². The number of amides is 1. The third-order valence-corrected chi connectivity index (χ3v) is 6.43. The van der Waals surface area contributed by atoms with Crippen molar-refractivity contribution in [3.05, 3.63) is 89.0 Å². The van der Waals surface area contributed by atoms with E-state index in [0.29, 0.717) is 0 Å². The van der Waals surface area contributed by atoms with Crippen molar-refractivity contribution in [2.24, 2.45) is 0 Å². The number of hydrogen-bond acceptors (Lipinski definition) is 3. The summed E-state index contributed by atoms with van der Waals surface area (Å²) in [5, 5.41) is 0. The molecule has 5 rings (SSSR count). The zero-order chi connectivity index (χ0) is 20.7. The van der Waals surface area contributed by atoms with E-state index in [4.69, 9.17) is 4.74 Å². The van der Waals surface area contributed by atoms with Crippen LogP contribution < -0.4 is 9.64 Å². The van der Waals surface area contributed by atoms with Crippen molar-refractivity contribution in [2.45, 2.75) is 19.8 Å². The molecule has 0 aliphatic carbocycles. The Hall–Kier alpha value is -3.27. The lowest BCUT2D eigenvalue weighted by molar-refractivity contribution is -0.132. The molecule has 1 saturated heterocycles. The number of carbonyl (C=O) groups is 1. The fourth-order valence-corrected chi connectivity index (χ4v) is 4.60. The average molecular weight is 399 g/mol. The van der Waals surface area contributed by atoms with E-state index in [2.05, 4.69) is 36.9 Å². The fraction of sp³-hybridized carbons (Fsp3) is 0.269. The summed E-state index contributed by atoms with van der Waals surface area (Å²) in [6.07, 6.45) is 0. The predicted molar refractivity (Wildman–Crippen MR) is 120 cm³/mol. The van der Waals surface area contributed by atoms with Gasteiger partial charge in [0.05, 0.1) is 5.92 Å². The molecular formula is C26H26N2O2. The lowest BCUT2D eigenvalue weighted by Gasteiger charge is -2.39. The molecule has 3 aromatic carbocycles. The lowest BCUT2D eigenvalue weighted by Crippen LogP contribution is -2.50. The minimum atomic E-state index is -0.307. The Labute approximate surface area is 177 Å². The first-order chi connectivity index (χ1) is 14.6. The van der Waals surface area contributed by atoms with Crippen LogP contribution in [0.15, 0.2) is 66.7 Å². The summed E-state index contributed by atoms with van der Waals surface area (Å²) in [6.45, 7) is 7.49. The lowest BCUT2D eigenvalue weighted by atomic mass is 9.86. The summed E-state index contributed by atoms with van der Waals surface area (Å²) < 4.78 is 6.07. The summed E-state index contributed by atoms with van der Waals surface area (Å²) in [5.41, 5.74) is 5.83. The van der Waals surface area contributed by atoms with E-state index in [9.17, 15) is 4.79 Å². The van der Waals surface area contributed by atoms with Gasteiger partial charge in [0.1, 0.15) is 11.5 Å². The number of anilines is 1. The van der Waals surface area contributed by atoms with Gasteiger partial charge in [-0.15, -0.1) is 0 Å². The molecule has 0 saturated carbocycles. The number of aryl methyl sites for hydroxylation is 1. The van der Waals surface area contributed by atoms with Crippen LogP contribution in [0.3, 0.4) is 0 Å². The van der Waals surface area contributed by atoms with Gasteiger partial charge in [0.2, 0.25) is 5.91 Å². The third-order valence-electron chi connectivity index (χ3n) is 6.43. The van der Waals surface area contributed by atoms with Crippen LogP contribution in [0, 0.1) is 13.8 Å². The molecule has 3 aromatic rings. The minimum Gasteiger partial charge on any atom is -0.457 e. The fourth-order valence-electron chi connectivity index (χ4n) is 4.60. The van der Waals surface area contributed by atoms with Gasteiger partial charge in [-0.05, 0) is 43.2 Å². The zero-order valence-corrected chi connectivity index (χ0v) is 17.5. The molecule has 0 N–H and O–H groups in total. The van der Waals surface area contributed by atoms with Crippen molar-refractivity contribution < 1.29 is 9.53 Å². The van der Waals surface area contributed by atoms with Gasteiger partial charge >= 0.3 is 0 Å². The number of hydrogen-bond donors (Lipinski definition) is 0. The monoisotopic (exact) mass is 398 g/mol. The second-order valence-electron chi connectivity index (χ2n) is 8.14. The molecular weight excluding hydrogens is 372 g/mol. The second kappa shape index (κ2) is 7.52. The number of rotatable bonds is 2. The van der Waals surface area contributed by atoms with Gasteiger partial charge in [-0.2, -0.15) is 0 Å². The number of benzene rings is 3. The van der Waals surface area contributed by atoms with E-state index >= 15 is 0 Å². The molecule has 2 heterocycles. The topological polar surface area (TPSA) is 32.8 Å². The first kappa shape index (κ1) is 18.7. The number of ether oxygens (including phenoxy) is 1. The van der Waals surface area contributed by atoms with Gasteiger partial charge in [0, 0.05) is 43.0 Å². The van der Waals surface area contributed by atoms with E-state index in [1.807, 2.05) is 53.4 Å². The van der Waals surface area contributed by atoms with Crippen LogP contribution in [0.2, 0.25) is 0 Å². The van der Waals surface area contributed by atoms with Crippen molar-refractivity contribution in [2.75, 3.05) is 31.1 Å². The van der Waals surface area contributed by atoms with Crippen LogP contribution in [0.4, 0.5) is 5.69 Å². The van der Waals surface area contributed by atoms with Gasteiger partial charge in [-0.25, -0.2) is 0 Å². The molecule has 4 nitrogen and oxygen atoms in total. The van der Waals surface area contributed by atoms with Crippen molar-refractivity contribution in [1.29, 1.82) is 0 Å². The molecule has 152 valence electrons. The quantitative estimate of drug-likeness (QED) is 0.616. The number of carbonyl (C=O) groups excluding carboxylic acids is 1. The van der Waals surface area contributed by atoms with E-state index in [1.165, 1.54) is 16.8 Å². The summed E-state index contributed by atoms with van der Waals surface area (Å²) in [4.78, 5) is 18.1. The van der Waals surface area contributed by atoms with E-state index in [0.717, 1.165) is 48.8 Å². The molecule has 2 aliphatic heterocycles. The van der Waals surface area contributed by atoms with Crippen molar-refractivity contribution in [3.8, 4) is 11.5 Å². The first-order valence-electron chi connectivity index (χ1n) is 10.6. The standard InChI is InChI=1S/C26H26N2O2/c1-18-8-7-11-22(19(18)2)27-14-16-28(17-15-27)26(29)25-20-9-3-5-12-23(20)30-24-13-6-4-10-21(24)25/h3-13,25H,14-17H2,1-2H3. The predicted octanol–water partition coefficient (Wildman–Crippen LogP) is 4.89. The van der Waals surface area contributed by atoms with Gasteiger partial charge in [-0.1, -0.05) is 48.5 Å².